The van der Waals surface area contributed by atoms with E-state index in [9.17, 15) is 0 Å². The zero-order chi connectivity index (χ0) is 10.2. The van der Waals surface area contributed by atoms with Crippen molar-refractivity contribution in [2.24, 2.45) is 0 Å². The Labute approximate surface area is 90.3 Å². The molecular weight excluding hydrogens is 192 g/mol. The summed E-state index contributed by atoms with van der Waals surface area (Å²) >= 11 is 1.97. The molecule has 3 heteroatoms. The monoisotopic (exact) mass is 210 g/mol. The molecule has 1 aromatic heterocycles. The SMILES string of the molecule is CCCCCSCc1ccnc(N)c1. The van der Waals surface area contributed by atoms with E-state index in [0.717, 1.165) is 5.75 Å². The van der Waals surface area contributed by atoms with Crippen molar-refractivity contribution in [2.75, 3.05) is 11.5 Å². The van der Waals surface area contributed by atoms with Crippen LogP contribution in [-0.4, -0.2) is 10.7 Å². The number of hydrogen-bond donors (Lipinski definition) is 1. The van der Waals surface area contributed by atoms with Gasteiger partial charge < -0.3 is 5.73 Å². The molecule has 0 saturated heterocycles. The van der Waals surface area contributed by atoms with Gasteiger partial charge in [0.2, 0.25) is 0 Å². The van der Waals surface area contributed by atoms with Crippen LogP contribution in [0, 0.1) is 0 Å². The summed E-state index contributed by atoms with van der Waals surface area (Å²) < 4.78 is 0. The lowest BCUT2D eigenvalue weighted by atomic mass is 10.3. The summed E-state index contributed by atoms with van der Waals surface area (Å²) in [5.41, 5.74) is 6.87. The average molecular weight is 210 g/mol. The van der Waals surface area contributed by atoms with Crippen LogP contribution >= 0.6 is 11.8 Å². The van der Waals surface area contributed by atoms with Crippen LogP contribution in [0.1, 0.15) is 31.7 Å². The molecule has 0 amide bonds. The van der Waals surface area contributed by atoms with Gasteiger partial charge in [0, 0.05) is 11.9 Å². The van der Waals surface area contributed by atoms with E-state index in [4.69, 9.17) is 5.73 Å². The molecule has 0 atom stereocenters. The second-order valence-corrected chi connectivity index (χ2v) is 4.45. The third-order valence-corrected chi connectivity index (χ3v) is 3.12. The van der Waals surface area contributed by atoms with Crippen molar-refractivity contribution in [1.29, 1.82) is 0 Å². The lowest BCUT2D eigenvalue weighted by molar-refractivity contribution is 0.778. The van der Waals surface area contributed by atoms with Crippen molar-refractivity contribution in [2.45, 2.75) is 31.9 Å². The standard InChI is InChI=1S/C11H18N2S/c1-2-3-4-7-14-9-10-5-6-13-11(12)8-10/h5-6,8H,2-4,7,9H2,1H3,(H2,12,13). The van der Waals surface area contributed by atoms with Crippen LogP contribution in [0.15, 0.2) is 18.3 Å². The first-order chi connectivity index (χ1) is 6.83. The number of pyridine rings is 1. The van der Waals surface area contributed by atoms with Gasteiger partial charge >= 0.3 is 0 Å². The van der Waals surface area contributed by atoms with E-state index in [1.54, 1.807) is 6.20 Å². The number of nitrogens with two attached hydrogens (primary N) is 1. The molecule has 1 rings (SSSR count). The van der Waals surface area contributed by atoms with E-state index in [1.165, 1.54) is 30.6 Å². The van der Waals surface area contributed by atoms with E-state index in [1.807, 2.05) is 23.9 Å². The fourth-order valence-electron chi connectivity index (χ4n) is 1.23. The number of rotatable bonds is 6. The van der Waals surface area contributed by atoms with E-state index in [-0.39, 0.29) is 0 Å². The minimum Gasteiger partial charge on any atom is -0.384 e. The minimum absolute atomic E-state index is 0.622. The molecule has 0 aliphatic heterocycles. The van der Waals surface area contributed by atoms with Crippen LogP contribution in [-0.2, 0) is 5.75 Å². The van der Waals surface area contributed by atoms with Gasteiger partial charge in [0.05, 0.1) is 0 Å². The Morgan fingerprint density at radius 3 is 3.00 bits per heavy atom. The van der Waals surface area contributed by atoms with Gasteiger partial charge in [-0.15, -0.1) is 0 Å². The molecule has 0 unspecified atom stereocenters. The van der Waals surface area contributed by atoms with Gasteiger partial charge in [0.25, 0.3) is 0 Å². The first kappa shape index (κ1) is 11.4. The Kier molecular flexibility index (Phi) is 5.45. The first-order valence-electron chi connectivity index (χ1n) is 5.11. The van der Waals surface area contributed by atoms with Crippen LogP contribution in [0.4, 0.5) is 5.82 Å². The number of aromatic nitrogens is 1. The number of nitrogen functional groups attached to an aromatic ring is 1. The zero-order valence-corrected chi connectivity index (χ0v) is 9.52. The van der Waals surface area contributed by atoms with Crippen molar-refractivity contribution in [3.63, 3.8) is 0 Å². The van der Waals surface area contributed by atoms with Crippen molar-refractivity contribution in [3.05, 3.63) is 23.9 Å². The quantitative estimate of drug-likeness (QED) is 0.733. The Morgan fingerprint density at radius 2 is 2.29 bits per heavy atom. The van der Waals surface area contributed by atoms with E-state index < -0.39 is 0 Å². The van der Waals surface area contributed by atoms with E-state index in [0.29, 0.717) is 5.82 Å². The number of nitrogens with zero attached hydrogens (tertiary/aromatic N) is 1. The Bertz CT molecular complexity index is 263. The highest BCUT2D eigenvalue weighted by Crippen LogP contribution is 2.14. The van der Waals surface area contributed by atoms with Crippen LogP contribution in [0.3, 0.4) is 0 Å². The molecular formula is C11H18N2S. The molecule has 0 radical (unpaired) electrons. The molecule has 0 fully saturated rings. The molecule has 0 spiro atoms. The van der Waals surface area contributed by atoms with Crippen LogP contribution in [0.2, 0.25) is 0 Å². The number of hydrogen-bond acceptors (Lipinski definition) is 3. The molecule has 2 nitrogen and oxygen atoms in total. The molecule has 0 bridgehead atoms. The van der Waals surface area contributed by atoms with Crippen LogP contribution < -0.4 is 5.73 Å². The van der Waals surface area contributed by atoms with Crippen molar-refractivity contribution < 1.29 is 0 Å². The number of unbranched alkanes of at least 4 members (excludes halogenated alkanes) is 2. The number of thioether (sulfide) groups is 1. The molecule has 0 aliphatic rings. The van der Waals surface area contributed by atoms with Gasteiger partial charge in [-0.3, -0.25) is 0 Å². The largest absolute Gasteiger partial charge is 0.384 e. The summed E-state index contributed by atoms with van der Waals surface area (Å²) in [4.78, 5) is 3.97. The lowest BCUT2D eigenvalue weighted by Crippen LogP contribution is -1.91. The second-order valence-electron chi connectivity index (χ2n) is 3.35. The summed E-state index contributed by atoms with van der Waals surface area (Å²) in [6, 6.07) is 3.98. The first-order valence-corrected chi connectivity index (χ1v) is 6.26. The van der Waals surface area contributed by atoms with Gasteiger partial charge in [0.15, 0.2) is 0 Å². The lowest BCUT2D eigenvalue weighted by Gasteiger charge is -2.01. The second kappa shape index (κ2) is 6.71. The topological polar surface area (TPSA) is 38.9 Å². The van der Waals surface area contributed by atoms with Crippen molar-refractivity contribution in [3.8, 4) is 0 Å². The summed E-state index contributed by atoms with van der Waals surface area (Å²) in [6.07, 6.45) is 5.73. The maximum absolute atomic E-state index is 5.59. The molecule has 0 aromatic carbocycles. The fourth-order valence-corrected chi connectivity index (χ4v) is 2.20. The fraction of sp³-hybridized carbons (Fsp3) is 0.545. The predicted octanol–water partition coefficient (Wildman–Crippen LogP) is 3.09. The molecule has 14 heavy (non-hydrogen) atoms. The molecule has 78 valence electrons. The molecule has 1 heterocycles. The Morgan fingerprint density at radius 1 is 1.43 bits per heavy atom. The maximum Gasteiger partial charge on any atom is 0.123 e. The molecule has 1 aromatic rings. The van der Waals surface area contributed by atoms with Gasteiger partial charge in [-0.1, -0.05) is 19.8 Å². The van der Waals surface area contributed by atoms with Crippen molar-refractivity contribution >= 4 is 17.6 Å². The Hall–Kier alpha value is -0.700. The zero-order valence-electron chi connectivity index (χ0n) is 8.70. The van der Waals surface area contributed by atoms with Crippen LogP contribution in [0.5, 0.6) is 0 Å². The maximum atomic E-state index is 5.59. The number of anilines is 1. The van der Waals surface area contributed by atoms with Gasteiger partial charge in [-0.25, -0.2) is 4.98 Å². The summed E-state index contributed by atoms with van der Waals surface area (Å²) in [5, 5.41) is 0. The summed E-state index contributed by atoms with van der Waals surface area (Å²) in [7, 11) is 0. The van der Waals surface area contributed by atoms with E-state index >= 15 is 0 Å². The summed E-state index contributed by atoms with van der Waals surface area (Å²) in [5.74, 6) is 2.92. The molecule has 2 N–H and O–H groups in total. The third kappa shape index (κ3) is 4.51. The van der Waals surface area contributed by atoms with Gasteiger partial charge in [-0.05, 0) is 29.9 Å². The van der Waals surface area contributed by atoms with Gasteiger partial charge in [0.1, 0.15) is 5.82 Å². The summed E-state index contributed by atoms with van der Waals surface area (Å²) in [6.45, 7) is 2.23. The van der Waals surface area contributed by atoms with Crippen LogP contribution in [0.25, 0.3) is 0 Å². The van der Waals surface area contributed by atoms with Crippen molar-refractivity contribution in [1.82, 2.24) is 4.98 Å². The third-order valence-electron chi connectivity index (χ3n) is 2.01. The Balaban J connectivity index is 2.18. The van der Waals surface area contributed by atoms with Gasteiger partial charge in [-0.2, -0.15) is 11.8 Å². The highest BCUT2D eigenvalue weighted by atomic mass is 32.2. The molecule has 0 saturated carbocycles. The normalized spacial score (nSPS) is 10.4. The smallest absolute Gasteiger partial charge is 0.123 e. The molecule has 0 aliphatic carbocycles. The highest BCUT2D eigenvalue weighted by molar-refractivity contribution is 7.98. The average Bonchev–Trinajstić information content (AvgIpc) is 2.18. The minimum atomic E-state index is 0.622. The van der Waals surface area contributed by atoms with E-state index in [2.05, 4.69) is 11.9 Å². The highest BCUT2D eigenvalue weighted by Gasteiger charge is 1.94. The predicted molar refractivity (Wildman–Crippen MR) is 64.3 cm³/mol.